The first kappa shape index (κ1) is 9.50. The highest BCUT2D eigenvalue weighted by Crippen LogP contribution is 1.95. The zero-order valence-corrected chi connectivity index (χ0v) is 7.53. The molecule has 1 saturated heterocycles. The minimum Gasteiger partial charge on any atom is -0.448 e. The number of carbonyl (C=O) groups excluding carboxylic acids is 2. The molecule has 0 unspecified atom stereocenters. The van der Waals surface area contributed by atoms with Crippen LogP contribution in [0.2, 0.25) is 0 Å². The molecule has 1 fully saturated rings. The fraction of sp³-hybridized carbons (Fsp3) is 0.571. The molecule has 0 bridgehead atoms. The average Bonchev–Trinajstić information content (AvgIpc) is 2.30. The molecule has 1 rings (SSSR count). The number of carbonyl (C=O) groups is 2. The molecule has 0 aromatic carbocycles. The second kappa shape index (κ2) is 3.88. The monoisotopic (exact) mass is 185 g/mol. The zero-order chi connectivity index (χ0) is 9.84. The second-order valence-electron chi connectivity index (χ2n) is 2.54. The summed E-state index contributed by atoms with van der Waals surface area (Å²) in [5.41, 5.74) is 0. The number of ether oxygens (including phenoxy) is 1. The molecule has 1 N–H and O–H groups in total. The smallest absolute Gasteiger partial charge is 0.436 e. The summed E-state index contributed by atoms with van der Waals surface area (Å²) in [6, 6.07) is 0. The van der Waals surface area contributed by atoms with Crippen LogP contribution in [0.15, 0.2) is 4.99 Å². The predicted molar refractivity (Wildman–Crippen MR) is 45.2 cm³/mol. The van der Waals surface area contributed by atoms with Crippen molar-refractivity contribution in [3.8, 4) is 0 Å². The maximum absolute atomic E-state index is 10.9. The highest BCUT2D eigenvalue weighted by Gasteiger charge is 2.22. The van der Waals surface area contributed by atoms with E-state index in [1.54, 1.807) is 18.9 Å². The molecular weight excluding hydrogens is 174 g/mol. The van der Waals surface area contributed by atoms with Gasteiger partial charge in [-0.3, -0.25) is 10.1 Å². The molecular formula is C7H11N3O3. The van der Waals surface area contributed by atoms with Crippen molar-refractivity contribution in [1.29, 1.82) is 0 Å². The summed E-state index contributed by atoms with van der Waals surface area (Å²) in [5, 5.41) is 2.43. The Hall–Kier alpha value is -1.59. The maximum Gasteiger partial charge on any atom is 0.436 e. The van der Waals surface area contributed by atoms with Crippen LogP contribution < -0.4 is 5.32 Å². The highest BCUT2D eigenvalue weighted by molar-refractivity contribution is 6.06. The first-order valence-corrected chi connectivity index (χ1v) is 3.90. The third kappa shape index (κ3) is 2.43. The molecule has 0 atom stereocenters. The van der Waals surface area contributed by atoms with Gasteiger partial charge in [-0.25, -0.2) is 4.79 Å². The molecule has 6 heteroatoms. The van der Waals surface area contributed by atoms with Crippen molar-refractivity contribution >= 4 is 18.0 Å². The molecule has 13 heavy (non-hydrogen) atoms. The minimum absolute atomic E-state index is 0.175. The van der Waals surface area contributed by atoms with E-state index in [9.17, 15) is 9.59 Å². The normalized spacial score (nSPS) is 19.1. The summed E-state index contributed by atoms with van der Waals surface area (Å²) < 4.78 is 4.58. The number of rotatable bonds is 1. The topological polar surface area (TPSA) is 71.0 Å². The second-order valence-corrected chi connectivity index (χ2v) is 2.54. The van der Waals surface area contributed by atoms with E-state index in [0.29, 0.717) is 0 Å². The molecule has 6 nitrogen and oxygen atoms in total. The van der Waals surface area contributed by atoms with Gasteiger partial charge in [0.25, 0.3) is 0 Å². The quantitative estimate of drug-likeness (QED) is 0.601. The Morgan fingerprint density at radius 1 is 1.77 bits per heavy atom. The molecule has 72 valence electrons. The third-order valence-corrected chi connectivity index (χ3v) is 1.46. The predicted octanol–water partition coefficient (Wildman–Crippen LogP) is -0.440. The average molecular weight is 185 g/mol. The van der Waals surface area contributed by atoms with Crippen LogP contribution in [0.5, 0.6) is 0 Å². The van der Waals surface area contributed by atoms with Crippen LogP contribution in [0.1, 0.15) is 6.92 Å². The number of hydrogen-bond acceptors (Lipinski definition) is 3. The van der Waals surface area contributed by atoms with Crippen molar-refractivity contribution in [3.05, 3.63) is 0 Å². The Labute approximate surface area is 75.6 Å². The number of nitrogens with one attached hydrogen (secondary N) is 1. The summed E-state index contributed by atoms with van der Waals surface area (Å²) in [6.45, 7) is 2.18. The summed E-state index contributed by atoms with van der Waals surface area (Å²) >= 11 is 0. The van der Waals surface area contributed by atoms with E-state index in [4.69, 9.17) is 0 Å². The molecule has 0 aromatic rings. The van der Waals surface area contributed by atoms with E-state index in [1.807, 2.05) is 0 Å². The molecule has 0 radical (unpaired) electrons. The van der Waals surface area contributed by atoms with Gasteiger partial charge in [-0.2, -0.15) is 0 Å². The van der Waals surface area contributed by atoms with Crippen LogP contribution in [0, 0.1) is 0 Å². The standard InChI is InChI=1S/C7H11N3O3/c1-3-13-7(12)9-6-8-5(11)4-10(6)2/h3-4H2,1-2H3,(H,8,9,11,12). The van der Waals surface area contributed by atoms with Crippen LogP contribution >= 0.6 is 0 Å². The Morgan fingerprint density at radius 3 is 2.92 bits per heavy atom. The van der Waals surface area contributed by atoms with Crippen molar-refractivity contribution in [3.63, 3.8) is 0 Å². The molecule has 0 saturated carbocycles. The van der Waals surface area contributed by atoms with Crippen molar-refractivity contribution in [1.82, 2.24) is 10.2 Å². The number of amides is 2. The summed E-state index contributed by atoms with van der Waals surface area (Å²) in [7, 11) is 1.66. The largest absolute Gasteiger partial charge is 0.448 e. The maximum atomic E-state index is 10.9. The van der Waals surface area contributed by atoms with Gasteiger partial charge in [0.2, 0.25) is 11.9 Å². The van der Waals surface area contributed by atoms with Crippen LogP contribution in [0.25, 0.3) is 0 Å². The summed E-state index contributed by atoms with van der Waals surface area (Å²) in [5.74, 6) is 0.0639. The molecule has 0 spiro atoms. The fourth-order valence-corrected chi connectivity index (χ4v) is 0.905. The summed E-state index contributed by atoms with van der Waals surface area (Å²) in [4.78, 5) is 26.8. The lowest BCUT2D eigenvalue weighted by Crippen LogP contribution is -2.28. The van der Waals surface area contributed by atoms with E-state index < -0.39 is 6.09 Å². The fourth-order valence-electron chi connectivity index (χ4n) is 0.905. The van der Waals surface area contributed by atoms with E-state index in [-0.39, 0.29) is 25.0 Å². The van der Waals surface area contributed by atoms with Gasteiger partial charge < -0.3 is 9.64 Å². The van der Waals surface area contributed by atoms with Crippen molar-refractivity contribution in [2.24, 2.45) is 4.99 Å². The van der Waals surface area contributed by atoms with Crippen molar-refractivity contribution in [2.45, 2.75) is 6.92 Å². The Kier molecular flexibility index (Phi) is 2.84. The van der Waals surface area contributed by atoms with Gasteiger partial charge in [-0.15, -0.1) is 4.99 Å². The number of aliphatic imine (C=N–C) groups is 1. The first-order valence-electron chi connectivity index (χ1n) is 3.90. The van der Waals surface area contributed by atoms with Crippen LogP contribution in [0.3, 0.4) is 0 Å². The van der Waals surface area contributed by atoms with Gasteiger partial charge in [-0.05, 0) is 6.92 Å². The lowest BCUT2D eigenvalue weighted by molar-refractivity contribution is -0.118. The lowest BCUT2D eigenvalue weighted by atomic mass is 10.6. The van der Waals surface area contributed by atoms with Gasteiger partial charge in [-0.1, -0.05) is 0 Å². The SMILES string of the molecule is CCOC(=O)/N=C1\NC(=O)CN1C. The van der Waals surface area contributed by atoms with Crippen LogP contribution in [-0.4, -0.2) is 43.1 Å². The molecule has 0 aliphatic carbocycles. The van der Waals surface area contributed by atoms with E-state index in [2.05, 4.69) is 15.0 Å². The number of guanidine groups is 1. The number of nitrogens with zero attached hydrogens (tertiary/aromatic N) is 2. The van der Waals surface area contributed by atoms with E-state index in [1.165, 1.54) is 0 Å². The van der Waals surface area contributed by atoms with Crippen LogP contribution in [0.4, 0.5) is 4.79 Å². The zero-order valence-electron chi connectivity index (χ0n) is 7.53. The van der Waals surface area contributed by atoms with Gasteiger partial charge in [0.15, 0.2) is 0 Å². The number of likely N-dealkylation sites (N-methyl/N-ethyl adjacent to an activating group) is 1. The first-order chi connectivity index (χ1) is 6.13. The Balaban J connectivity index is 2.60. The van der Waals surface area contributed by atoms with Gasteiger partial charge >= 0.3 is 6.09 Å². The molecule has 1 aliphatic heterocycles. The highest BCUT2D eigenvalue weighted by atomic mass is 16.5. The molecule has 0 aromatic heterocycles. The summed E-state index contributed by atoms with van der Waals surface area (Å²) in [6.07, 6.45) is -0.688. The Morgan fingerprint density at radius 2 is 2.46 bits per heavy atom. The van der Waals surface area contributed by atoms with Gasteiger partial charge in [0, 0.05) is 7.05 Å². The van der Waals surface area contributed by atoms with E-state index in [0.717, 1.165) is 0 Å². The molecule has 2 amide bonds. The third-order valence-electron chi connectivity index (χ3n) is 1.46. The van der Waals surface area contributed by atoms with Crippen LogP contribution in [-0.2, 0) is 9.53 Å². The van der Waals surface area contributed by atoms with E-state index >= 15 is 0 Å². The number of hydrogen-bond donors (Lipinski definition) is 1. The molecule has 1 heterocycles. The molecule has 1 aliphatic rings. The van der Waals surface area contributed by atoms with Gasteiger partial charge in [0.1, 0.15) is 0 Å². The van der Waals surface area contributed by atoms with Crippen molar-refractivity contribution in [2.75, 3.05) is 20.2 Å². The Bertz CT molecular complexity index is 262. The minimum atomic E-state index is -0.688. The van der Waals surface area contributed by atoms with Gasteiger partial charge in [0.05, 0.1) is 13.2 Å². The lowest BCUT2D eigenvalue weighted by Gasteiger charge is -2.07. The van der Waals surface area contributed by atoms with Crippen molar-refractivity contribution < 1.29 is 14.3 Å².